The minimum absolute atomic E-state index is 0.210. The minimum Gasteiger partial charge on any atom is -0.327 e. The van der Waals surface area contributed by atoms with Gasteiger partial charge in [0, 0.05) is 18.7 Å². The first-order valence-corrected chi connectivity index (χ1v) is 7.89. The van der Waals surface area contributed by atoms with E-state index in [9.17, 15) is 0 Å². The topological polar surface area (TPSA) is 43.8 Å². The summed E-state index contributed by atoms with van der Waals surface area (Å²) < 4.78 is 1.74. The molecule has 2 N–H and O–H groups in total. The number of aromatic nitrogens is 2. The lowest BCUT2D eigenvalue weighted by atomic mass is 9.85. The monoisotopic (exact) mass is 283 g/mol. The highest BCUT2D eigenvalue weighted by molar-refractivity contribution is 6.30. The molecule has 0 aromatic carbocycles. The Morgan fingerprint density at radius 1 is 1.37 bits per heavy atom. The van der Waals surface area contributed by atoms with Gasteiger partial charge in [0.1, 0.15) is 5.15 Å². The fraction of sp³-hybridized carbons (Fsp3) is 0.800. The summed E-state index contributed by atoms with van der Waals surface area (Å²) in [5.41, 5.74) is 8.41. The zero-order valence-electron chi connectivity index (χ0n) is 12.2. The number of rotatable bonds is 5. The molecule has 0 spiro atoms. The van der Waals surface area contributed by atoms with Gasteiger partial charge in [0.25, 0.3) is 0 Å². The van der Waals surface area contributed by atoms with Crippen molar-refractivity contribution in [1.82, 2.24) is 9.78 Å². The van der Waals surface area contributed by atoms with Gasteiger partial charge in [0.2, 0.25) is 0 Å². The molecule has 2 rings (SSSR count). The summed E-state index contributed by atoms with van der Waals surface area (Å²) in [6.45, 7) is 2.01. The maximum Gasteiger partial charge on any atom is 0.130 e. The SMILES string of the molecule is Cc1nn(C)c(Cl)c1CC(N)CCC1CCCCC1. The third-order valence-electron chi connectivity index (χ3n) is 4.41. The van der Waals surface area contributed by atoms with Gasteiger partial charge in [0.05, 0.1) is 5.69 Å². The summed E-state index contributed by atoms with van der Waals surface area (Å²) in [5, 5.41) is 5.08. The zero-order chi connectivity index (χ0) is 13.8. The molecule has 0 aliphatic heterocycles. The smallest absolute Gasteiger partial charge is 0.130 e. The molecule has 1 atom stereocenters. The standard InChI is InChI=1S/C15H26ClN3/c1-11-14(15(16)19(2)18-11)10-13(17)9-8-12-6-4-3-5-7-12/h12-13H,3-10,17H2,1-2H3. The third-order valence-corrected chi connectivity index (χ3v) is 4.88. The van der Waals surface area contributed by atoms with E-state index >= 15 is 0 Å². The van der Waals surface area contributed by atoms with E-state index in [4.69, 9.17) is 17.3 Å². The lowest BCUT2D eigenvalue weighted by molar-refractivity contribution is 0.323. The van der Waals surface area contributed by atoms with Gasteiger partial charge in [-0.1, -0.05) is 43.7 Å². The summed E-state index contributed by atoms with van der Waals surface area (Å²) >= 11 is 6.25. The van der Waals surface area contributed by atoms with Crippen molar-refractivity contribution in [2.24, 2.45) is 18.7 Å². The van der Waals surface area contributed by atoms with Crippen LogP contribution in [0.2, 0.25) is 5.15 Å². The molecule has 1 saturated carbocycles. The highest BCUT2D eigenvalue weighted by Crippen LogP contribution is 2.28. The first-order valence-electron chi connectivity index (χ1n) is 7.51. The van der Waals surface area contributed by atoms with Crippen LogP contribution in [0.3, 0.4) is 0 Å². The summed E-state index contributed by atoms with van der Waals surface area (Å²) in [6.07, 6.45) is 10.3. The van der Waals surface area contributed by atoms with Gasteiger partial charge >= 0.3 is 0 Å². The Kier molecular flexibility index (Phi) is 5.28. The highest BCUT2D eigenvalue weighted by atomic mass is 35.5. The van der Waals surface area contributed by atoms with E-state index in [1.165, 1.54) is 38.5 Å². The van der Waals surface area contributed by atoms with Crippen LogP contribution in [-0.4, -0.2) is 15.8 Å². The van der Waals surface area contributed by atoms with Gasteiger partial charge in [-0.05, 0) is 32.1 Å². The van der Waals surface area contributed by atoms with Crippen molar-refractivity contribution >= 4 is 11.6 Å². The molecule has 1 aromatic heterocycles. The van der Waals surface area contributed by atoms with E-state index in [1.54, 1.807) is 4.68 Å². The van der Waals surface area contributed by atoms with E-state index < -0.39 is 0 Å². The van der Waals surface area contributed by atoms with E-state index in [0.29, 0.717) is 0 Å². The maximum atomic E-state index is 6.27. The molecule has 1 aromatic rings. The van der Waals surface area contributed by atoms with Crippen molar-refractivity contribution in [2.75, 3.05) is 0 Å². The van der Waals surface area contributed by atoms with Crippen molar-refractivity contribution in [3.05, 3.63) is 16.4 Å². The summed E-state index contributed by atoms with van der Waals surface area (Å²) in [6, 6.07) is 0.210. The van der Waals surface area contributed by atoms with Crippen LogP contribution >= 0.6 is 11.6 Å². The minimum atomic E-state index is 0.210. The third kappa shape index (κ3) is 3.96. The first kappa shape index (κ1) is 14.9. The number of halogens is 1. The maximum absolute atomic E-state index is 6.27. The zero-order valence-corrected chi connectivity index (χ0v) is 12.9. The van der Waals surface area contributed by atoms with Crippen LogP contribution in [-0.2, 0) is 13.5 Å². The molecule has 4 heteroatoms. The van der Waals surface area contributed by atoms with Crippen molar-refractivity contribution in [3.63, 3.8) is 0 Å². The molecule has 1 fully saturated rings. The average molecular weight is 284 g/mol. The van der Waals surface area contributed by atoms with Crippen LogP contribution in [0, 0.1) is 12.8 Å². The summed E-state index contributed by atoms with van der Waals surface area (Å²) in [5.74, 6) is 0.908. The molecule has 0 amide bonds. The Morgan fingerprint density at radius 3 is 2.63 bits per heavy atom. The quantitative estimate of drug-likeness (QED) is 0.897. The van der Waals surface area contributed by atoms with Crippen molar-refractivity contribution in [1.29, 1.82) is 0 Å². The summed E-state index contributed by atoms with van der Waals surface area (Å²) in [4.78, 5) is 0. The van der Waals surface area contributed by atoms with E-state index in [0.717, 1.165) is 35.2 Å². The Balaban J connectivity index is 1.81. The van der Waals surface area contributed by atoms with Crippen LogP contribution in [0.25, 0.3) is 0 Å². The Labute approximate surface area is 121 Å². The van der Waals surface area contributed by atoms with Crippen molar-refractivity contribution in [3.8, 4) is 0 Å². The Bertz CT molecular complexity index is 408. The second-order valence-electron chi connectivity index (χ2n) is 6.02. The van der Waals surface area contributed by atoms with Gasteiger partial charge in [0.15, 0.2) is 0 Å². The summed E-state index contributed by atoms with van der Waals surface area (Å²) in [7, 11) is 1.88. The molecule has 0 radical (unpaired) electrons. The Hall–Kier alpha value is -0.540. The predicted molar refractivity (Wildman–Crippen MR) is 80.4 cm³/mol. The van der Waals surface area contributed by atoms with Crippen molar-refractivity contribution < 1.29 is 0 Å². The molecule has 3 nitrogen and oxygen atoms in total. The van der Waals surface area contributed by atoms with Crippen LogP contribution in [0.1, 0.15) is 56.2 Å². The lowest BCUT2D eigenvalue weighted by Gasteiger charge is -2.22. The van der Waals surface area contributed by atoms with Gasteiger partial charge in [-0.3, -0.25) is 4.68 Å². The molecule has 0 bridgehead atoms. The highest BCUT2D eigenvalue weighted by Gasteiger charge is 2.17. The van der Waals surface area contributed by atoms with Crippen LogP contribution in [0.4, 0.5) is 0 Å². The number of hydrogen-bond acceptors (Lipinski definition) is 2. The van der Waals surface area contributed by atoms with Gasteiger partial charge < -0.3 is 5.73 Å². The number of nitrogens with zero attached hydrogens (tertiary/aromatic N) is 2. The van der Waals surface area contributed by atoms with Crippen LogP contribution in [0.5, 0.6) is 0 Å². The van der Waals surface area contributed by atoms with E-state index in [-0.39, 0.29) is 6.04 Å². The molecular weight excluding hydrogens is 258 g/mol. The van der Waals surface area contributed by atoms with Crippen LogP contribution < -0.4 is 5.73 Å². The van der Waals surface area contributed by atoms with Gasteiger partial charge in [-0.25, -0.2) is 0 Å². The molecule has 108 valence electrons. The molecule has 1 aliphatic carbocycles. The fourth-order valence-corrected chi connectivity index (χ4v) is 3.45. The molecule has 19 heavy (non-hydrogen) atoms. The van der Waals surface area contributed by atoms with E-state index in [1.807, 2.05) is 14.0 Å². The molecule has 1 aliphatic rings. The number of hydrogen-bond donors (Lipinski definition) is 1. The second-order valence-corrected chi connectivity index (χ2v) is 6.38. The Morgan fingerprint density at radius 2 is 2.05 bits per heavy atom. The number of aryl methyl sites for hydroxylation is 2. The average Bonchev–Trinajstić information content (AvgIpc) is 2.64. The molecule has 1 heterocycles. The lowest BCUT2D eigenvalue weighted by Crippen LogP contribution is -2.24. The number of nitrogens with two attached hydrogens (primary N) is 1. The molecular formula is C15H26ClN3. The van der Waals surface area contributed by atoms with Crippen molar-refractivity contribution in [2.45, 2.75) is 64.3 Å². The van der Waals surface area contributed by atoms with Gasteiger partial charge in [-0.15, -0.1) is 0 Å². The van der Waals surface area contributed by atoms with Crippen LogP contribution in [0.15, 0.2) is 0 Å². The molecule has 1 unspecified atom stereocenters. The largest absolute Gasteiger partial charge is 0.327 e. The predicted octanol–water partition coefficient (Wildman–Crippen LogP) is 3.61. The normalized spacial score (nSPS) is 18.7. The van der Waals surface area contributed by atoms with Gasteiger partial charge in [-0.2, -0.15) is 5.10 Å². The van der Waals surface area contributed by atoms with E-state index in [2.05, 4.69) is 5.10 Å². The first-order chi connectivity index (χ1) is 9.08. The molecule has 0 saturated heterocycles. The second kappa shape index (κ2) is 6.76. The fourth-order valence-electron chi connectivity index (χ4n) is 3.20.